The van der Waals surface area contributed by atoms with Gasteiger partial charge in [0.1, 0.15) is 23.9 Å². The lowest BCUT2D eigenvalue weighted by Gasteiger charge is -2.27. The molecular weight excluding hydrogens is 463 g/mol. The highest BCUT2D eigenvalue weighted by Crippen LogP contribution is 2.30. The van der Waals surface area contributed by atoms with Crippen molar-refractivity contribution in [1.82, 2.24) is 9.80 Å². The average molecular weight is 495 g/mol. The number of nitrogens with zero attached hydrogens (tertiary/aromatic N) is 2. The number of benzene rings is 2. The average Bonchev–Trinajstić information content (AvgIpc) is 3.65. The summed E-state index contributed by atoms with van der Waals surface area (Å²) in [5, 5.41) is 0. The Balaban J connectivity index is 1.51. The van der Waals surface area contributed by atoms with E-state index in [-0.39, 0.29) is 30.6 Å². The Labute approximate surface area is 210 Å². The van der Waals surface area contributed by atoms with Gasteiger partial charge in [-0.05, 0) is 68.1 Å². The number of carbonyl (C=O) groups is 2. The molecule has 1 saturated carbocycles. The van der Waals surface area contributed by atoms with E-state index in [0.717, 1.165) is 24.2 Å². The van der Waals surface area contributed by atoms with Crippen LogP contribution in [0, 0.1) is 12.7 Å². The molecule has 0 spiro atoms. The SMILES string of the molecule is COc1ccc(CCN(Cc2ccc(C)o2)C(=O)CN(C(=O)c2ccccc2F)C2CC2)cc1OC. The maximum absolute atomic E-state index is 14.3. The van der Waals surface area contributed by atoms with Crippen LogP contribution in [-0.2, 0) is 17.8 Å². The largest absolute Gasteiger partial charge is 0.493 e. The maximum atomic E-state index is 14.3. The molecule has 0 N–H and O–H groups in total. The molecule has 1 fully saturated rings. The Kier molecular flexibility index (Phi) is 7.93. The van der Waals surface area contributed by atoms with Gasteiger partial charge in [-0.25, -0.2) is 4.39 Å². The third-order valence-electron chi connectivity index (χ3n) is 6.27. The van der Waals surface area contributed by atoms with Gasteiger partial charge in [-0.3, -0.25) is 9.59 Å². The van der Waals surface area contributed by atoms with Gasteiger partial charge in [0.2, 0.25) is 5.91 Å². The van der Waals surface area contributed by atoms with Crippen molar-refractivity contribution in [2.75, 3.05) is 27.3 Å². The van der Waals surface area contributed by atoms with E-state index in [1.54, 1.807) is 31.3 Å². The molecular formula is C28H31FN2O5. The fraction of sp³-hybridized carbons (Fsp3) is 0.357. The van der Waals surface area contributed by atoms with Crippen LogP contribution in [0.2, 0.25) is 0 Å². The molecule has 0 unspecified atom stereocenters. The summed E-state index contributed by atoms with van der Waals surface area (Å²) in [7, 11) is 3.16. The zero-order valence-electron chi connectivity index (χ0n) is 20.8. The van der Waals surface area contributed by atoms with Crippen LogP contribution < -0.4 is 9.47 Å². The number of aryl methyl sites for hydroxylation is 1. The zero-order valence-corrected chi connectivity index (χ0v) is 20.8. The topological polar surface area (TPSA) is 72.2 Å². The number of methoxy groups -OCH3 is 2. The maximum Gasteiger partial charge on any atom is 0.257 e. The van der Waals surface area contributed by atoms with Crippen molar-refractivity contribution in [2.45, 2.75) is 38.8 Å². The van der Waals surface area contributed by atoms with Gasteiger partial charge < -0.3 is 23.7 Å². The van der Waals surface area contributed by atoms with Crippen molar-refractivity contribution < 1.29 is 27.9 Å². The first-order valence-electron chi connectivity index (χ1n) is 12.0. The molecule has 8 heteroatoms. The summed E-state index contributed by atoms with van der Waals surface area (Å²) < 4.78 is 30.7. The lowest BCUT2D eigenvalue weighted by atomic mass is 10.1. The number of halogens is 1. The third kappa shape index (κ3) is 6.05. The summed E-state index contributed by atoms with van der Waals surface area (Å²) in [4.78, 5) is 29.8. The molecule has 0 atom stereocenters. The zero-order chi connectivity index (χ0) is 25.7. The van der Waals surface area contributed by atoms with Gasteiger partial charge in [-0.15, -0.1) is 0 Å². The van der Waals surface area contributed by atoms with Crippen LogP contribution in [0.5, 0.6) is 11.5 Å². The minimum absolute atomic E-state index is 0.0178. The van der Waals surface area contributed by atoms with Crippen molar-refractivity contribution >= 4 is 11.8 Å². The molecule has 0 radical (unpaired) electrons. The molecule has 2 amide bonds. The van der Waals surface area contributed by atoms with Gasteiger partial charge in [0, 0.05) is 12.6 Å². The van der Waals surface area contributed by atoms with Crippen molar-refractivity contribution in [3.05, 3.63) is 83.1 Å². The summed E-state index contributed by atoms with van der Waals surface area (Å²) in [6.45, 7) is 2.40. The van der Waals surface area contributed by atoms with Crippen LogP contribution in [0.4, 0.5) is 4.39 Å². The third-order valence-corrected chi connectivity index (χ3v) is 6.27. The van der Waals surface area contributed by atoms with Gasteiger partial charge in [-0.1, -0.05) is 18.2 Å². The molecule has 3 aromatic rings. The molecule has 0 bridgehead atoms. The van der Waals surface area contributed by atoms with Gasteiger partial charge in [0.15, 0.2) is 11.5 Å². The predicted octanol–water partition coefficient (Wildman–Crippen LogP) is 4.62. The highest BCUT2D eigenvalue weighted by atomic mass is 19.1. The monoisotopic (exact) mass is 494 g/mol. The number of carbonyl (C=O) groups excluding carboxylic acids is 2. The molecule has 7 nitrogen and oxygen atoms in total. The minimum Gasteiger partial charge on any atom is -0.493 e. The minimum atomic E-state index is -0.586. The molecule has 1 aliphatic carbocycles. The fourth-order valence-corrected chi connectivity index (χ4v) is 4.14. The Morgan fingerprint density at radius 1 is 1.03 bits per heavy atom. The molecule has 0 saturated heterocycles. The first-order chi connectivity index (χ1) is 17.4. The van der Waals surface area contributed by atoms with Crippen LogP contribution in [0.1, 0.15) is 40.3 Å². The van der Waals surface area contributed by atoms with E-state index in [9.17, 15) is 14.0 Å². The Bertz CT molecular complexity index is 1220. The second-order valence-electron chi connectivity index (χ2n) is 8.91. The molecule has 36 heavy (non-hydrogen) atoms. The van der Waals surface area contributed by atoms with E-state index in [1.165, 1.54) is 17.0 Å². The van der Waals surface area contributed by atoms with Gasteiger partial charge in [-0.2, -0.15) is 0 Å². The fourth-order valence-electron chi connectivity index (χ4n) is 4.14. The van der Waals surface area contributed by atoms with Crippen LogP contribution in [0.25, 0.3) is 0 Å². The Morgan fingerprint density at radius 2 is 1.78 bits per heavy atom. The lowest BCUT2D eigenvalue weighted by Crippen LogP contribution is -2.44. The number of amides is 2. The van der Waals surface area contributed by atoms with Crippen molar-refractivity contribution in [1.29, 1.82) is 0 Å². The first kappa shape index (κ1) is 25.3. The molecule has 190 valence electrons. The number of hydrogen-bond acceptors (Lipinski definition) is 5. The standard InChI is InChI=1S/C28H31FN2O5/c1-19-8-12-22(36-19)17-30(15-14-20-9-13-25(34-2)26(16-20)35-3)27(32)18-31(21-10-11-21)28(33)23-6-4-5-7-24(23)29/h4-9,12-13,16,21H,10-11,14-15,17-18H2,1-3H3. The normalized spacial score (nSPS) is 12.8. The van der Waals surface area contributed by atoms with E-state index >= 15 is 0 Å². The summed E-state index contributed by atoms with van der Waals surface area (Å²) >= 11 is 0. The predicted molar refractivity (Wildman–Crippen MR) is 133 cm³/mol. The van der Waals surface area contributed by atoms with Crippen LogP contribution in [-0.4, -0.2) is 55.0 Å². The van der Waals surface area contributed by atoms with Crippen molar-refractivity contribution in [3.8, 4) is 11.5 Å². The quantitative estimate of drug-likeness (QED) is 0.389. The van der Waals surface area contributed by atoms with E-state index < -0.39 is 11.7 Å². The summed E-state index contributed by atoms with van der Waals surface area (Å²) in [5.41, 5.74) is 0.957. The van der Waals surface area contributed by atoms with Crippen molar-refractivity contribution in [3.63, 3.8) is 0 Å². The van der Waals surface area contributed by atoms with Gasteiger partial charge >= 0.3 is 0 Å². The molecule has 0 aliphatic heterocycles. The smallest absolute Gasteiger partial charge is 0.257 e. The second-order valence-corrected chi connectivity index (χ2v) is 8.91. The molecule has 1 aromatic heterocycles. The Morgan fingerprint density at radius 3 is 2.42 bits per heavy atom. The molecule has 1 heterocycles. The van der Waals surface area contributed by atoms with Crippen molar-refractivity contribution in [2.24, 2.45) is 0 Å². The summed E-state index contributed by atoms with van der Waals surface area (Å²) in [6, 6.07) is 15.2. The number of hydrogen-bond donors (Lipinski definition) is 0. The van der Waals surface area contributed by atoms with E-state index in [0.29, 0.717) is 30.2 Å². The van der Waals surface area contributed by atoms with Gasteiger partial charge in [0.25, 0.3) is 5.91 Å². The molecule has 4 rings (SSSR count). The molecule has 1 aliphatic rings. The summed E-state index contributed by atoms with van der Waals surface area (Å²) in [6.07, 6.45) is 2.17. The van der Waals surface area contributed by atoms with Crippen LogP contribution in [0.3, 0.4) is 0 Å². The second kappa shape index (κ2) is 11.3. The number of rotatable bonds is 11. The van der Waals surface area contributed by atoms with Gasteiger partial charge in [0.05, 0.1) is 26.3 Å². The molecule has 2 aromatic carbocycles. The number of ether oxygens (including phenoxy) is 2. The van der Waals surface area contributed by atoms with E-state index in [4.69, 9.17) is 13.9 Å². The highest BCUT2D eigenvalue weighted by Gasteiger charge is 2.36. The summed E-state index contributed by atoms with van der Waals surface area (Å²) in [5.74, 6) is 1.39. The Hall–Kier alpha value is -3.81. The lowest BCUT2D eigenvalue weighted by molar-refractivity contribution is -0.132. The number of furan rings is 1. The van der Waals surface area contributed by atoms with E-state index in [2.05, 4.69) is 0 Å². The first-order valence-corrected chi connectivity index (χ1v) is 12.0. The van der Waals surface area contributed by atoms with Crippen LogP contribution in [0.15, 0.2) is 59.0 Å². The van der Waals surface area contributed by atoms with E-state index in [1.807, 2.05) is 37.3 Å². The highest BCUT2D eigenvalue weighted by molar-refractivity contribution is 5.97. The van der Waals surface area contributed by atoms with Crippen LogP contribution >= 0.6 is 0 Å².